The van der Waals surface area contributed by atoms with Crippen LogP contribution in [0.1, 0.15) is 16.7 Å². The number of hydrogen-bond acceptors (Lipinski definition) is 6. The van der Waals surface area contributed by atoms with Crippen LogP contribution in [0, 0.1) is 13.8 Å². The third kappa shape index (κ3) is 3.47. The fourth-order valence-electron chi connectivity index (χ4n) is 3.89. The van der Waals surface area contributed by atoms with E-state index in [0.717, 1.165) is 16.7 Å². The lowest BCUT2D eigenvalue weighted by Gasteiger charge is -2.36. The first kappa shape index (κ1) is 19.8. The third-order valence-corrected chi connectivity index (χ3v) is 5.68. The van der Waals surface area contributed by atoms with E-state index in [1.807, 2.05) is 36.9 Å². The van der Waals surface area contributed by atoms with Crippen molar-refractivity contribution in [2.75, 3.05) is 37.6 Å². The summed E-state index contributed by atoms with van der Waals surface area (Å²) in [6.07, 6.45) is 5.03. The van der Waals surface area contributed by atoms with Crippen LogP contribution in [0.3, 0.4) is 0 Å². The van der Waals surface area contributed by atoms with Gasteiger partial charge in [-0.05, 0) is 36.6 Å². The number of rotatable bonds is 5. The van der Waals surface area contributed by atoms with Crippen LogP contribution in [0.25, 0.3) is 5.57 Å². The zero-order chi connectivity index (χ0) is 21.3. The van der Waals surface area contributed by atoms with E-state index in [-0.39, 0.29) is 18.4 Å². The quantitative estimate of drug-likeness (QED) is 0.563. The average Bonchev–Trinajstić information content (AvgIpc) is 3.01. The zero-order valence-corrected chi connectivity index (χ0v) is 17.3. The van der Waals surface area contributed by atoms with E-state index in [1.165, 1.54) is 4.90 Å². The highest BCUT2D eigenvalue weighted by molar-refractivity contribution is 6.35. The zero-order valence-electron chi connectivity index (χ0n) is 17.3. The largest absolute Gasteiger partial charge is 0.363 e. The van der Waals surface area contributed by atoms with Crippen molar-refractivity contribution in [3.63, 3.8) is 0 Å². The molecule has 1 fully saturated rings. The summed E-state index contributed by atoms with van der Waals surface area (Å²) in [6.45, 7) is 10.5. The van der Waals surface area contributed by atoms with Gasteiger partial charge in [-0.15, -0.1) is 6.58 Å². The molecule has 4 rings (SSSR count). The van der Waals surface area contributed by atoms with Crippen LogP contribution in [-0.2, 0) is 9.59 Å². The Morgan fingerprint density at radius 2 is 1.63 bits per heavy atom. The van der Waals surface area contributed by atoms with Gasteiger partial charge in [-0.25, -0.2) is 9.97 Å². The average molecular weight is 403 g/mol. The molecule has 30 heavy (non-hydrogen) atoms. The lowest BCUT2D eigenvalue weighted by Crippen LogP contribution is -2.48. The van der Waals surface area contributed by atoms with Crippen LogP contribution in [0.5, 0.6) is 0 Å². The maximum Gasteiger partial charge on any atom is 0.278 e. The maximum absolute atomic E-state index is 13.2. The summed E-state index contributed by atoms with van der Waals surface area (Å²) in [7, 11) is 0. The first-order valence-electron chi connectivity index (χ1n) is 10.1. The number of amides is 2. The Morgan fingerprint density at radius 1 is 0.967 bits per heavy atom. The van der Waals surface area contributed by atoms with Gasteiger partial charge in [0.25, 0.3) is 11.8 Å². The SMILES string of the molecule is C=CCN1C(=O)C(c2ccc(C)c(C)c2)=C(N2CCN(c3ncccn3)CC2)C1=O. The second-order valence-corrected chi connectivity index (χ2v) is 7.56. The number of imide groups is 1. The van der Waals surface area contributed by atoms with Gasteiger partial charge in [0.2, 0.25) is 5.95 Å². The van der Waals surface area contributed by atoms with Crippen molar-refractivity contribution in [1.29, 1.82) is 0 Å². The van der Waals surface area contributed by atoms with Crippen molar-refractivity contribution in [1.82, 2.24) is 19.8 Å². The summed E-state index contributed by atoms with van der Waals surface area (Å²) in [5, 5.41) is 0. The van der Waals surface area contributed by atoms with E-state index in [9.17, 15) is 9.59 Å². The molecule has 7 heteroatoms. The van der Waals surface area contributed by atoms with E-state index in [4.69, 9.17) is 0 Å². The molecular weight excluding hydrogens is 378 g/mol. The Bertz CT molecular complexity index is 1020. The van der Waals surface area contributed by atoms with Gasteiger partial charge in [0, 0.05) is 45.1 Å². The van der Waals surface area contributed by atoms with E-state index in [1.54, 1.807) is 24.5 Å². The molecule has 2 aliphatic rings. The lowest BCUT2D eigenvalue weighted by atomic mass is 9.99. The fraction of sp³-hybridized carbons (Fsp3) is 0.304. The molecule has 0 bridgehead atoms. The standard InChI is InChI=1S/C23H25N5O2/c1-4-10-28-21(29)19(18-7-6-16(2)17(3)15-18)20(22(28)30)26-11-13-27(14-12-26)23-24-8-5-9-25-23/h4-9,15H,1,10-14H2,2-3H3. The predicted molar refractivity (Wildman–Crippen MR) is 116 cm³/mol. The molecule has 0 spiro atoms. The highest BCUT2D eigenvalue weighted by Crippen LogP contribution is 2.33. The molecule has 0 aliphatic carbocycles. The van der Waals surface area contributed by atoms with Gasteiger partial charge in [-0.2, -0.15) is 0 Å². The third-order valence-electron chi connectivity index (χ3n) is 5.68. The molecule has 1 aromatic heterocycles. The minimum absolute atomic E-state index is 0.202. The number of aryl methyl sites for hydroxylation is 2. The van der Waals surface area contributed by atoms with Crippen LogP contribution >= 0.6 is 0 Å². The molecule has 3 heterocycles. The number of carbonyl (C=O) groups excluding carboxylic acids is 2. The van der Waals surface area contributed by atoms with Crippen molar-refractivity contribution in [3.8, 4) is 0 Å². The molecule has 0 N–H and O–H groups in total. The fourth-order valence-corrected chi connectivity index (χ4v) is 3.89. The minimum atomic E-state index is -0.257. The van der Waals surface area contributed by atoms with E-state index >= 15 is 0 Å². The minimum Gasteiger partial charge on any atom is -0.363 e. The Balaban J connectivity index is 1.67. The van der Waals surface area contributed by atoms with Crippen LogP contribution in [0.4, 0.5) is 5.95 Å². The van der Waals surface area contributed by atoms with Crippen LogP contribution in [0.2, 0.25) is 0 Å². The molecule has 2 amide bonds. The Hall–Kier alpha value is -3.48. The number of hydrogen-bond donors (Lipinski definition) is 0. The van der Waals surface area contributed by atoms with Gasteiger partial charge in [0.1, 0.15) is 5.70 Å². The van der Waals surface area contributed by atoms with E-state index in [2.05, 4.69) is 21.4 Å². The Morgan fingerprint density at radius 3 is 2.27 bits per heavy atom. The number of anilines is 1. The van der Waals surface area contributed by atoms with Gasteiger partial charge in [0.15, 0.2) is 0 Å². The van der Waals surface area contributed by atoms with Crippen molar-refractivity contribution < 1.29 is 9.59 Å². The summed E-state index contributed by atoms with van der Waals surface area (Å²) in [5.74, 6) is 0.173. The van der Waals surface area contributed by atoms with Crippen molar-refractivity contribution in [2.24, 2.45) is 0 Å². The molecule has 154 valence electrons. The molecule has 7 nitrogen and oxygen atoms in total. The van der Waals surface area contributed by atoms with E-state index in [0.29, 0.717) is 43.4 Å². The van der Waals surface area contributed by atoms with Crippen molar-refractivity contribution >= 4 is 23.3 Å². The molecule has 2 aliphatic heterocycles. The number of benzene rings is 1. The highest BCUT2D eigenvalue weighted by Gasteiger charge is 2.41. The molecule has 1 saturated heterocycles. The van der Waals surface area contributed by atoms with Gasteiger partial charge in [-0.3, -0.25) is 14.5 Å². The maximum atomic E-state index is 13.2. The lowest BCUT2D eigenvalue weighted by molar-refractivity contribution is -0.136. The normalized spacial score (nSPS) is 17.2. The van der Waals surface area contributed by atoms with Crippen LogP contribution < -0.4 is 4.90 Å². The second kappa shape index (κ2) is 8.10. The first-order chi connectivity index (χ1) is 14.5. The topological polar surface area (TPSA) is 69.6 Å². The Labute approximate surface area is 176 Å². The smallest absolute Gasteiger partial charge is 0.278 e. The van der Waals surface area contributed by atoms with Crippen molar-refractivity contribution in [2.45, 2.75) is 13.8 Å². The summed E-state index contributed by atoms with van der Waals surface area (Å²) >= 11 is 0. The number of nitrogens with zero attached hydrogens (tertiary/aromatic N) is 5. The molecular formula is C23H25N5O2. The second-order valence-electron chi connectivity index (χ2n) is 7.56. The van der Waals surface area contributed by atoms with Gasteiger partial charge in [0.05, 0.1) is 5.57 Å². The van der Waals surface area contributed by atoms with Gasteiger partial charge >= 0.3 is 0 Å². The number of carbonyl (C=O) groups is 2. The number of piperazine rings is 1. The van der Waals surface area contributed by atoms with Gasteiger partial charge in [-0.1, -0.05) is 24.3 Å². The molecule has 2 aromatic rings. The number of aromatic nitrogens is 2. The molecule has 0 unspecified atom stereocenters. The molecule has 0 saturated carbocycles. The molecule has 0 radical (unpaired) electrons. The molecule has 0 atom stereocenters. The van der Waals surface area contributed by atoms with Crippen LogP contribution in [-0.4, -0.2) is 64.3 Å². The van der Waals surface area contributed by atoms with Crippen molar-refractivity contribution in [3.05, 3.63) is 71.7 Å². The highest BCUT2D eigenvalue weighted by atomic mass is 16.2. The Kier molecular flexibility index (Phi) is 5.35. The summed E-state index contributed by atoms with van der Waals surface area (Å²) in [5.41, 5.74) is 3.99. The summed E-state index contributed by atoms with van der Waals surface area (Å²) < 4.78 is 0. The van der Waals surface area contributed by atoms with E-state index < -0.39 is 0 Å². The molecule has 1 aromatic carbocycles. The summed E-state index contributed by atoms with van der Waals surface area (Å²) in [4.78, 5) is 40.4. The predicted octanol–water partition coefficient (Wildman–Crippen LogP) is 2.18. The van der Waals surface area contributed by atoms with Crippen LogP contribution in [0.15, 0.2) is 55.0 Å². The van der Waals surface area contributed by atoms with Gasteiger partial charge < -0.3 is 9.80 Å². The monoisotopic (exact) mass is 403 g/mol. The first-order valence-corrected chi connectivity index (χ1v) is 10.1. The summed E-state index contributed by atoms with van der Waals surface area (Å²) in [6, 6.07) is 7.70.